The summed E-state index contributed by atoms with van der Waals surface area (Å²) < 4.78 is 4.93. The fraction of sp³-hybridized carbons (Fsp3) is 0.0588. The zero-order chi connectivity index (χ0) is 48.5. The Bertz CT molecular complexity index is 3990. The molecule has 72 heavy (non-hydrogen) atoms. The second-order valence-electron chi connectivity index (χ2n) is 19.4. The topological polar surface area (TPSA) is 35.6 Å². The van der Waals surface area contributed by atoms with Crippen molar-refractivity contribution in [2.24, 2.45) is 0 Å². The van der Waals surface area contributed by atoms with Crippen LogP contribution >= 0.6 is 0 Å². The van der Waals surface area contributed by atoms with Gasteiger partial charge in [0.2, 0.25) is 0 Å². The molecule has 0 fully saturated rings. The summed E-state index contributed by atoms with van der Waals surface area (Å²) in [5, 5.41) is 4.83. The van der Waals surface area contributed by atoms with Gasteiger partial charge in [-0.15, -0.1) is 0 Å². The molecule has 3 heterocycles. The van der Waals surface area contributed by atoms with Gasteiger partial charge in [-0.25, -0.2) is 9.97 Å². The normalized spacial score (nSPS) is 11.6. The van der Waals surface area contributed by atoms with Gasteiger partial charge < -0.3 is 9.13 Å². The minimum absolute atomic E-state index is 0.661. The van der Waals surface area contributed by atoms with Crippen LogP contribution < -0.4 is 0 Å². The van der Waals surface area contributed by atoms with E-state index < -0.39 is 0 Å². The molecule has 0 N–H and O–H groups in total. The van der Waals surface area contributed by atoms with E-state index in [1.54, 1.807) is 0 Å². The monoisotopic (exact) mass is 922 g/mol. The summed E-state index contributed by atoms with van der Waals surface area (Å²) >= 11 is 0. The van der Waals surface area contributed by atoms with Gasteiger partial charge in [0.25, 0.3) is 0 Å². The molecule has 0 saturated heterocycles. The minimum Gasteiger partial charge on any atom is -0.309 e. The van der Waals surface area contributed by atoms with E-state index >= 15 is 0 Å². The van der Waals surface area contributed by atoms with Gasteiger partial charge in [0, 0.05) is 49.4 Å². The Balaban J connectivity index is 1.12. The standard InChI is InChI=1S/C68H50N4/c1-43-33-44(2)36-52(35-43)49-28-31-65-58(39-49)59-40-50(53-37-45(3)34-46(4)38-53)29-32-66(59)72(65)67-41-51(68-69-60(47-17-7-5-8-18-47)42-61(70-68)48-19-9-6-10-20-48)27-30-57(67)56-23-13-16-26-64(56)71-62-24-14-11-21-54(62)55-22-12-15-25-63(55)71/h5-42H,1-4H3. The first-order chi connectivity index (χ1) is 35.3. The predicted molar refractivity (Wildman–Crippen MR) is 302 cm³/mol. The molecule has 13 aromatic rings. The van der Waals surface area contributed by atoms with Crippen molar-refractivity contribution in [3.63, 3.8) is 0 Å². The molecule has 0 saturated carbocycles. The number of fused-ring (bicyclic) bond motifs is 6. The van der Waals surface area contributed by atoms with E-state index in [2.05, 4.69) is 255 Å². The number of benzene rings is 10. The summed E-state index contributed by atoms with van der Waals surface area (Å²) in [4.78, 5) is 10.7. The number of rotatable bonds is 8. The van der Waals surface area contributed by atoms with Gasteiger partial charge in [-0.2, -0.15) is 0 Å². The average Bonchev–Trinajstić information content (AvgIpc) is 3.92. The molecule has 13 rings (SSSR count). The van der Waals surface area contributed by atoms with E-state index in [1.807, 2.05) is 12.1 Å². The minimum atomic E-state index is 0.661. The van der Waals surface area contributed by atoms with Gasteiger partial charge in [0.1, 0.15) is 0 Å². The lowest BCUT2D eigenvalue weighted by atomic mass is 9.97. The number of hydrogen-bond acceptors (Lipinski definition) is 2. The predicted octanol–water partition coefficient (Wildman–Crippen LogP) is 17.9. The largest absolute Gasteiger partial charge is 0.309 e. The van der Waals surface area contributed by atoms with Crippen molar-refractivity contribution in [2.75, 3.05) is 0 Å². The highest BCUT2D eigenvalue weighted by Gasteiger charge is 2.23. The SMILES string of the molecule is Cc1cc(C)cc(-c2ccc3c(c2)c2cc(-c4cc(C)cc(C)c4)ccc2n3-c2cc(-c3nc(-c4ccccc4)cc(-c4ccccc4)n3)ccc2-c2ccccc2-n2c3ccccc3c3ccccc32)c1. The van der Waals surface area contributed by atoms with Crippen LogP contribution in [0, 0.1) is 27.7 Å². The Morgan fingerprint density at radius 3 is 1.21 bits per heavy atom. The van der Waals surface area contributed by atoms with Crippen LogP contribution in [0.1, 0.15) is 22.3 Å². The first-order valence-corrected chi connectivity index (χ1v) is 24.8. The van der Waals surface area contributed by atoms with Crippen molar-refractivity contribution >= 4 is 43.6 Å². The van der Waals surface area contributed by atoms with Crippen molar-refractivity contribution in [2.45, 2.75) is 27.7 Å². The van der Waals surface area contributed by atoms with Crippen LogP contribution in [0.15, 0.2) is 231 Å². The summed E-state index contributed by atoms with van der Waals surface area (Å²) in [6, 6.07) is 84.0. The van der Waals surface area contributed by atoms with E-state index in [1.165, 1.54) is 77.1 Å². The van der Waals surface area contributed by atoms with Crippen LogP contribution in [0.2, 0.25) is 0 Å². The van der Waals surface area contributed by atoms with E-state index in [0.29, 0.717) is 5.82 Å². The molecule has 0 bridgehead atoms. The lowest BCUT2D eigenvalue weighted by molar-refractivity contribution is 1.15. The molecule has 0 unspecified atom stereocenters. The zero-order valence-electron chi connectivity index (χ0n) is 40.7. The molecule has 0 spiro atoms. The summed E-state index contributed by atoms with van der Waals surface area (Å²) in [5.74, 6) is 0.661. The van der Waals surface area contributed by atoms with Gasteiger partial charge in [0.05, 0.1) is 44.8 Å². The molecular formula is C68H50N4. The van der Waals surface area contributed by atoms with Gasteiger partial charge in [-0.3, -0.25) is 0 Å². The molecule has 0 aliphatic carbocycles. The molecule has 0 radical (unpaired) electrons. The summed E-state index contributed by atoms with van der Waals surface area (Å²) in [7, 11) is 0. The van der Waals surface area contributed by atoms with Crippen molar-refractivity contribution in [1.29, 1.82) is 0 Å². The van der Waals surface area contributed by atoms with Crippen molar-refractivity contribution < 1.29 is 0 Å². The molecule has 4 nitrogen and oxygen atoms in total. The summed E-state index contributed by atoms with van der Waals surface area (Å²) in [6.45, 7) is 8.74. The summed E-state index contributed by atoms with van der Waals surface area (Å²) in [5.41, 5.74) is 23.5. The highest BCUT2D eigenvalue weighted by Crippen LogP contribution is 2.44. The molecule has 0 aliphatic heterocycles. The number of nitrogens with zero attached hydrogens (tertiary/aromatic N) is 4. The van der Waals surface area contributed by atoms with Crippen molar-refractivity contribution in [3.05, 3.63) is 253 Å². The fourth-order valence-corrected chi connectivity index (χ4v) is 11.2. The molecule has 0 atom stereocenters. The van der Waals surface area contributed by atoms with Crippen molar-refractivity contribution in [3.8, 4) is 78.7 Å². The Kier molecular flexibility index (Phi) is 10.4. The third kappa shape index (κ3) is 7.48. The van der Waals surface area contributed by atoms with Crippen LogP contribution in [0.25, 0.3) is 122 Å². The third-order valence-electron chi connectivity index (χ3n) is 14.3. The second-order valence-corrected chi connectivity index (χ2v) is 19.4. The van der Waals surface area contributed by atoms with Gasteiger partial charge in [-0.05, 0) is 105 Å². The molecule has 10 aromatic carbocycles. The maximum absolute atomic E-state index is 5.37. The molecule has 0 aliphatic rings. The quantitative estimate of drug-likeness (QED) is 0.152. The Labute approximate surface area is 419 Å². The van der Waals surface area contributed by atoms with Crippen molar-refractivity contribution in [1.82, 2.24) is 19.1 Å². The van der Waals surface area contributed by atoms with Gasteiger partial charge in [0.15, 0.2) is 5.82 Å². The first kappa shape index (κ1) is 42.9. The lowest BCUT2D eigenvalue weighted by Crippen LogP contribution is -2.03. The average molecular weight is 923 g/mol. The van der Waals surface area contributed by atoms with E-state index in [9.17, 15) is 0 Å². The third-order valence-corrected chi connectivity index (χ3v) is 14.3. The van der Waals surface area contributed by atoms with Crippen LogP contribution in [0.3, 0.4) is 0 Å². The molecular weight excluding hydrogens is 873 g/mol. The smallest absolute Gasteiger partial charge is 0.160 e. The van der Waals surface area contributed by atoms with Gasteiger partial charge >= 0.3 is 0 Å². The van der Waals surface area contributed by atoms with E-state index in [4.69, 9.17) is 9.97 Å². The van der Waals surface area contributed by atoms with Crippen LogP contribution in [0.4, 0.5) is 0 Å². The highest BCUT2D eigenvalue weighted by molar-refractivity contribution is 6.13. The lowest BCUT2D eigenvalue weighted by Gasteiger charge is -2.20. The maximum Gasteiger partial charge on any atom is 0.160 e. The molecule has 3 aromatic heterocycles. The number of aromatic nitrogens is 4. The Morgan fingerprint density at radius 2 is 0.681 bits per heavy atom. The summed E-state index contributed by atoms with van der Waals surface area (Å²) in [6.07, 6.45) is 0. The molecule has 342 valence electrons. The van der Waals surface area contributed by atoms with Crippen LogP contribution in [0.5, 0.6) is 0 Å². The van der Waals surface area contributed by atoms with Gasteiger partial charge in [-0.1, -0.05) is 198 Å². The van der Waals surface area contributed by atoms with Crippen LogP contribution in [-0.4, -0.2) is 19.1 Å². The number of aryl methyl sites for hydroxylation is 4. The number of para-hydroxylation sites is 3. The zero-order valence-corrected chi connectivity index (χ0v) is 40.7. The highest BCUT2D eigenvalue weighted by atomic mass is 15.0. The van der Waals surface area contributed by atoms with E-state index in [0.717, 1.165) is 61.6 Å². The molecule has 0 amide bonds. The Hall–Kier alpha value is -9.12. The Morgan fingerprint density at radius 1 is 0.264 bits per heavy atom. The first-order valence-electron chi connectivity index (χ1n) is 24.8. The van der Waals surface area contributed by atoms with E-state index in [-0.39, 0.29) is 0 Å². The maximum atomic E-state index is 5.37. The molecule has 4 heteroatoms. The number of hydrogen-bond donors (Lipinski definition) is 0. The second kappa shape index (κ2) is 17.4. The fourth-order valence-electron chi connectivity index (χ4n) is 11.2. The van der Waals surface area contributed by atoms with Crippen LogP contribution in [-0.2, 0) is 0 Å².